The van der Waals surface area contributed by atoms with E-state index in [1.54, 1.807) is 0 Å². The lowest BCUT2D eigenvalue weighted by Gasteiger charge is -2.16. The molecule has 1 N–H and O–H groups in total. The van der Waals surface area contributed by atoms with E-state index in [1.165, 1.54) is 27.8 Å². The van der Waals surface area contributed by atoms with E-state index in [2.05, 4.69) is 68.6 Å². The summed E-state index contributed by atoms with van der Waals surface area (Å²) >= 11 is 0. The maximum Gasteiger partial charge on any atom is 0.00198 e. The van der Waals surface area contributed by atoms with Crippen molar-refractivity contribution in [2.75, 3.05) is 6.54 Å². The van der Waals surface area contributed by atoms with E-state index in [-0.39, 0.29) is 0 Å². The molecule has 1 aliphatic rings. The van der Waals surface area contributed by atoms with Crippen LogP contribution in [0, 0.1) is 0 Å². The van der Waals surface area contributed by atoms with Gasteiger partial charge in [-0.1, -0.05) is 63.2 Å². The zero-order valence-electron chi connectivity index (χ0n) is 12.6. The first-order valence-corrected chi connectivity index (χ1v) is 7.59. The Bertz CT molecular complexity index is 613. The lowest BCUT2D eigenvalue weighted by atomic mass is 9.96. The number of hydrogen-bond donors (Lipinski definition) is 1. The third kappa shape index (κ3) is 2.51. The summed E-state index contributed by atoms with van der Waals surface area (Å²) in [5.41, 5.74) is 7.24. The Morgan fingerprint density at radius 1 is 0.950 bits per heavy atom. The second-order valence-corrected chi connectivity index (χ2v) is 6.21. The molecule has 104 valence electrons. The quantitative estimate of drug-likeness (QED) is 0.739. The Hall–Kier alpha value is -1.60. The summed E-state index contributed by atoms with van der Waals surface area (Å²) in [6.07, 6.45) is 1.09. The molecule has 2 aromatic carbocycles. The molecule has 0 amide bonds. The summed E-state index contributed by atoms with van der Waals surface area (Å²) in [4.78, 5) is 0. The Balaban J connectivity index is 1.83. The molecule has 0 fully saturated rings. The van der Waals surface area contributed by atoms with Gasteiger partial charge in [0.15, 0.2) is 0 Å². The van der Waals surface area contributed by atoms with E-state index in [9.17, 15) is 0 Å². The molecule has 0 saturated carbocycles. The zero-order chi connectivity index (χ0) is 14.1. The summed E-state index contributed by atoms with van der Waals surface area (Å²) in [6, 6.07) is 16.3. The molecule has 0 aromatic heterocycles. The molecule has 0 spiro atoms. The van der Waals surface area contributed by atoms with Gasteiger partial charge in [-0.15, -0.1) is 0 Å². The Morgan fingerprint density at radius 2 is 1.70 bits per heavy atom. The second kappa shape index (κ2) is 5.41. The van der Waals surface area contributed by atoms with Crippen LogP contribution in [0.25, 0.3) is 11.1 Å². The molecule has 20 heavy (non-hydrogen) atoms. The van der Waals surface area contributed by atoms with Crippen molar-refractivity contribution in [3.05, 3.63) is 59.2 Å². The summed E-state index contributed by atoms with van der Waals surface area (Å²) in [6.45, 7) is 7.75. The SMILES string of the molecule is CC(C)NCC(C)c1ccc2c(c1)Cc1ccccc1-2. The van der Waals surface area contributed by atoms with Crippen LogP contribution in [0.2, 0.25) is 0 Å². The predicted molar refractivity (Wildman–Crippen MR) is 86.2 cm³/mol. The fourth-order valence-electron chi connectivity index (χ4n) is 3.00. The Kier molecular flexibility index (Phi) is 3.62. The van der Waals surface area contributed by atoms with Gasteiger partial charge in [-0.3, -0.25) is 0 Å². The molecular formula is C19H23N. The Morgan fingerprint density at radius 3 is 2.50 bits per heavy atom. The van der Waals surface area contributed by atoms with Crippen LogP contribution >= 0.6 is 0 Å². The van der Waals surface area contributed by atoms with Crippen molar-refractivity contribution in [1.82, 2.24) is 5.32 Å². The highest BCUT2D eigenvalue weighted by atomic mass is 14.9. The third-order valence-electron chi connectivity index (χ3n) is 4.22. The molecule has 0 saturated heterocycles. The molecule has 3 rings (SSSR count). The number of rotatable bonds is 4. The minimum Gasteiger partial charge on any atom is -0.314 e. The maximum absolute atomic E-state index is 3.53. The molecule has 0 bridgehead atoms. The van der Waals surface area contributed by atoms with Crippen LogP contribution < -0.4 is 5.32 Å². The van der Waals surface area contributed by atoms with Crippen LogP contribution in [0.3, 0.4) is 0 Å². The highest BCUT2D eigenvalue weighted by Crippen LogP contribution is 2.37. The number of nitrogens with one attached hydrogen (secondary N) is 1. The van der Waals surface area contributed by atoms with Crippen LogP contribution in [-0.4, -0.2) is 12.6 Å². The average molecular weight is 265 g/mol. The summed E-state index contributed by atoms with van der Waals surface area (Å²) < 4.78 is 0. The number of hydrogen-bond acceptors (Lipinski definition) is 1. The number of benzene rings is 2. The van der Waals surface area contributed by atoms with E-state index >= 15 is 0 Å². The standard InChI is InChI=1S/C19H23N/c1-13(2)20-12-14(3)15-8-9-19-17(10-15)11-16-6-4-5-7-18(16)19/h4-10,13-14,20H,11-12H2,1-3H3. The van der Waals surface area contributed by atoms with Gasteiger partial charge in [0, 0.05) is 12.6 Å². The maximum atomic E-state index is 3.53. The predicted octanol–water partition coefficient (Wildman–Crippen LogP) is 4.36. The van der Waals surface area contributed by atoms with Crippen molar-refractivity contribution in [1.29, 1.82) is 0 Å². The van der Waals surface area contributed by atoms with E-state index in [4.69, 9.17) is 0 Å². The third-order valence-corrected chi connectivity index (χ3v) is 4.22. The van der Waals surface area contributed by atoms with Crippen LogP contribution in [0.5, 0.6) is 0 Å². The highest BCUT2D eigenvalue weighted by molar-refractivity contribution is 5.77. The van der Waals surface area contributed by atoms with Crippen molar-refractivity contribution < 1.29 is 0 Å². The largest absolute Gasteiger partial charge is 0.314 e. The summed E-state index contributed by atoms with van der Waals surface area (Å²) in [5.74, 6) is 0.561. The minimum atomic E-state index is 0.552. The average Bonchev–Trinajstić information content (AvgIpc) is 2.82. The molecule has 1 heteroatoms. The number of fused-ring (bicyclic) bond motifs is 3. The van der Waals surface area contributed by atoms with Crippen molar-refractivity contribution in [3.8, 4) is 11.1 Å². The van der Waals surface area contributed by atoms with Crippen molar-refractivity contribution >= 4 is 0 Å². The molecule has 1 nitrogen and oxygen atoms in total. The molecule has 1 unspecified atom stereocenters. The van der Waals surface area contributed by atoms with Gasteiger partial charge in [-0.25, -0.2) is 0 Å². The van der Waals surface area contributed by atoms with Crippen LogP contribution in [0.4, 0.5) is 0 Å². The van der Waals surface area contributed by atoms with Gasteiger partial charge in [-0.05, 0) is 40.2 Å². The monoisotopic (exact) mass is 265 g/mol. The van der Waals surface area contributed by atoms with Gasteiger partial charge in [0.25, 0.3) is 0 Å². The van der Waals surface area contributed by atoms with Crippen molar-refractivity contribution in [2.24, 2.45) is 0 Å². The molecule has 1 atom stereocenters. The van der Waals surface area contributed by atoms with E-state index in [0.717, 1.165) is 13.0 Å². The van der Waals surface area contributed by atoms with E-state index in [0.29, 0.717) is 12.0 Å². The lowest BCUT2D eigenvalue weighted by Crippen LogP contribution is -2.26. The van der Waals surface area contributed by atoms with E-state index in [1.807, 2.05) is 0 Å². The van der Waals surface area contributed by atoms with Crippen molar-refractivity contribution in [3.63, 3.8) is 0 Å². The molecule has 1 aliphatic carbocycles. The molecular weight excluding hydrogens is 242 g/mol. The first kappa shape index (κ1) is 13.4. The molecule has 0 radical (unpaired) electrons. The first-order chi connectivity index (χ1) is 9.65. The van der Waals surface area contributed by atoms with Gasteiger partial charge in [0.1, 0.15) is 0 Å². The van der Waals surface area contributed by atoms with Crippen LogP contribution in [0.1, 0.15) is 43.4 Å². The van der Waals surface area contributed by atoms with Gasteiger partial charge in [0.2, 0.25) is 0 Å². The zero-order valence-corrected chi connectivity index (χ0v) is 12.6. The van der Waals surface area contributed by atoms with Gasteiger partial charge in [-0.2, -0.15) is 0 Å². The highest BCUT2D eigenvalue weighted by Gasteiger charge is 2.18. The van der Waals surface area contributed by atoms with Gasteiger partial charge >= 0.3 is 0 Å². The topological polar surface area (TPSA) is 12.0 Å². The summed E-state index contributed by atoms with van der Waals surface area (Å²) in [5, 5.41) is 3.53. The first-order valence-electron chi connectivity index (χ1n) is 7.59. The smallest absolute Gasteiger partial charge is 0.00198 e. The van der Waals surface area contributed by atoms with Crippen LogP contribution in [0.15, 0.2) is 42.5 Å². The fraction of sp³-hybridized carbons (Fsp3) is 0.368. The molecule has 2 aromatic rings. The minimum absolute atomic E-state index is 0.552. The summed E-state index contributed by atoms with van der Waals surface area (Å²) in [7, 11) is 0. The van der Waals surface area contributed by atoms with E-state index < -0.39 is 0 Å². The second-order valence-electron chi connectivity index (χ2n) is 6.21. The Labute approximate surface area is 122 Å². The van der Waals surface area contributed by atoms with Crippen molar-refractivity contribution in [2.45, 2.75) is 39.2 Å². The fourth-order valence-corrected chi connectivity index (χ4v) is 3.00. The molecule has 0 aliphatic heterocycles. The lowest BCUT2D eigenvalue weighted by molar-refractivity contribution is 0.548. The van der Waals surface area contributed by atoms with Crippen LogP contribution in [-0.2, 0) is 6.42 Å². The molecule has 0 heterocycles. The normalized spacial score (nSPS) is 14.2. The van der Waals surface area contributed by atoms with Gasteiger partial charge < -0.3 is 5.32 Å². The van der Waals surface area contributed by atoms with Gasteiger partial charge in [0.05, 0.1) is 0 Å².